The maximum Gasteiger partial charge on any atom is 0.250 e. The molecular weight excluding hydrogens is 352 g/mol. The lowest BCUT2D eigenvalue weighted by molar-refractivity contribution is 0.589. The van der Waals surface area contributed by atoms with Gasteiger partial charge in [0, 0.05) is 37.4 Å². The predicted molar refractivity (Wildman–Crippen MR) is 110 cm³/mol. The van der Waals surface area contributed by atoms with Crippen LogP contribution < -0.4 is 16.0 Å². The second kappa shape index (κ2) is 6.94. The van der Waals surface area contributed by atoms with Gasteiger partial charge < -0.3 is 20.4 Å². The number of oxazole rings is 1. The SMILES string of the molecule is Nc1ncc(-c2ccc(N3CCNCC3)cc2)nc1-c1nc2ccccc2o1. The molecule has 3 N–H and O–H groups in total. The van der Waals surface area contributed by atoms with Crippen LogP contribution in [0.3, 0.4) is 0 Å². The Hall–Kier alpha value is -3.45. The molecular formula is C21H20N6O. The molecule has 1 saturated heterocycles. The molecule has 0 radical (unpaired) electrons. The highest BCUT2D eigenvalue weighted by Crippen LogP contribution is 2.29. The molecule has 7 nitrogen and oxygen atoms in total. The Bertz CT molecular complexity index is 1080. The number of fused-ring (bicyclic) bond motifs is 1. The van der Waals surface area contributed by atoms with E-state index in [9.17, 15) is 0 Å². The van der Waals surface area contributed by atoms with Crippen LogP contribution in [0, 0.1) is 0 Å². The monoisotopic (exact) mass is 372 g/mol. The molecule has 140 valence electrons. The topological polar surface area (TPSA) is 93.1 Å². The number of aromatic nitrogens is 3. The minimum atomic E-state index is 0.299. The molecule has 0 aliphatic carbocycles. The molecule has 28 heavy (non-hydrogen) atoms. The highest BCUT2D eigenvalue weighted by atomic mass is 16.3. The molecule has 0 bridgehead atoms. The van der Waals surface area contributed by atoms with Gasteiger partial charge in [0.1, 0.15) is 5.52 Å². The fourth-order valence-electron chi connectivity index (χ4n) is 3.43. The first-order chi connectivity index (χ1) is 13.8. The molecule has 1 aliphatic heterocycles. The van der Waals surface area contributed by atoms with Crippen LogP contribution in [-0.4, -0.2) is 41.1 Å². The molecule has 5 rings (SSSR count). The van der Waals surface area contributed by atoms with Crippen molar-refractivity contribution in [1.29, 1.82) is 0 Å². The van der Waals surface area contributed by atoms with Gasteiger partial charge in [-0.25, -0.2) is 15.0 Å². The third-order valence-corrected chi connectivity index (χ3v) is 4.94. The van der Waals surface area contributed by atoms with Crippen LogP contribution >= 0.6 is 0 Å². The number of benzene rings is 2. The van der Waals surface area contributed by atoms with Crippen LogP contribution in [0.5, 0.6) is 0 Å². The molecule has 1 aliphatic rings. The average molecular weight is 372 g/mol. The summed E-state index contributed by atoms with van der Waals surface area (Å²) in [5, 5.41) is 3.37. The van der Waals surface area contributed by atoms with Gasteiger partial charge >= 0.3 is 0 Å². The first kappa shape index (κ1) is 16.7. The van der Waals surface area contributed by atoms with Crippen LogP contribution in [0.1, 0.15) is 0 Å². The summed E-state index contributed by atoms with van der Waals surface area (Å²) in [7, 11) is 0. The second-order valence-electron chi connectivity index (χ2n) is 6.76. The van der Waals surface area contributed by atoms with Crippen molar-refractivity contribution >= 4 is 22.6 Å². The van der Waals surface area contributed by atoms with E-state index in [1.807, 2.05) is 24.3 Å². The molecule has 2 aromatic carbocycles. The van der Waals surface area contributed by atoms with E-state index in [-0.39, 0.29) is 0 Å². The number of nitrogens with one attached hydrogen (secondary N) is 1. The molecule has 0 saturated carbocycles. The quantitative estimate of drug-likeness (QED) is 0.571. The van der Waals surface area contributed by atoms with E-state index in [4.69, 9.17) is 10.2 Å². The van der Waals surface area contributed by atoms with E-state index in [1.54, 1.807) is 6.20 Å². The minimum Gasteiger partial charge on any atom is -0.435 e. The van der Waals surface area contributed by atoms with Gasteiger partial charge in [0.2, 0.25) is 5.89 Å². The van der Waals surface area contributed by atoms with Crippen molar-refractivity contribution in [2.75, 3.05) is 36.8 Å². The van der Waals surface area contributed by atoms with E-state index in [2.05, 4.69) is 49.4 Å². The summed E-state index contributed by atoms with van der Waals surface area (Å²) in [6.45, 7) is 4.06. The van der Waals surface area contributed by atoms with E-state index in [0.717, 1.165) is 43.0 Å². The van der Waals surface area contributed by atoms with Crippen LogP contribution in [0.15, 0.2) is 59.1 Å². The van der Waals surface area contributed by atoms with Gasteiger partial charge in [-0.1, -0.05) is 24.3 Å². The Morgan fingerprint density at radius 3 is 2.54 bits per heavy atom. The smallest absolute Gasteiger partial charge is 0.250 e. The lowest BCUT2D eigenvalue weighted by atomic mass is 10.1. The largest absolute Gasteiger partial charge is 0.435 e. The fraction of sp³-hybridized carbons (Fsp3) is 0.190. The predicted octanol–water partition coefficient (Wildman–Crippen LogP) is 2.94. The fourth-order valence-corrected chi connectivity index (χ4v) is 3.43. The van der Waals surface area contributed by atoms with Gasteiger partial charge in [0.05, 0.1) is 11.9 Å². The van der Waals surface area contributed by atoms with Crippen molar-refractivity contribution in [2.45, 2.75) is 0 Å². The first-order valence-corrected chi connectivity index (χ1v) is 9.32. The van der Waals surface area contributed by atoms with Gasteiger partial charge in [0.25, 0.3) is 0 Å². The average Bonchev–Trinajstić information content (AvgIpc) is 3.19. The van der Waals surface area contributed by atoms with Gasteiger partial charge in [-0.3, -0.25) is 0 Å². The van der Waals surface area contributed by atoms with Gasteiger partial charge in [-0.05, 0) is 24.3 Å². The number of rotatable bonds is 3. The molecule has 0 atom stereocenters. The maximum absolute atomic E-state index is 6.06. The normalized spacial score (nSPS) is 14.5. The van der Waals surface area contributed by atoms with E-state index < -0.39 is 0 Å². The molecule has 4 aromatic rings. The van der Waals surface area contributed by atoms with Gasteiger partial charge in [-0.2, -0.15) is 0 Å². The van der Waals surface area contributed by atoms with Crippen molar-refractivity contribution < 1.29 is 4.42 Å². The summed E-state index contributed by atoms with van der Waals surface area (Å²) >= 11 is 0. The lowest BCUT2D eigenvalue weighted by Crippen LogP contribution is -2.43. The van der Waals surface area contributed by atoms with Crippen molar-refractivity contribution in [1.82, 2.24) is 20.3 Å². The van der Waals surface area contributed by atoms with Crippen molar-refractivity contribution in [3.05, 3.63) is 54.7 Å². The molecule has 3 heterocycles. The minimum absolute atomic E-state index is 0.299. The summed E-state index contributed by atoms with van der Waals surface area (Å²) < 4.78 is 5.82. The highest BCUT2D eigenvalue weighted by Gasteiger charge is 2.16. The summed E-state index contributed by atoms with van der Waals surface area (Å²) in [5.74, 6) is 0.679. The standard InChI is InChI=1S/C21H20N6O/c22-20-19(21-26-16-3-1-2-4-18(16)28-21)25-17(13-24-20)14-5-7-15(8-6-14)27-11-9-23-10-12-27/h1-8,13,23H,9-12H2,(H2,22,24). The zero-order valence-corrected chi connectivity index (χ0v) is 15.3. The van der Waals surface area contributed by atoms with E-state index in [1.165, 1.54) is 5.69 Å². The van der Waals surface area contributed by atoms with Crippen molar-refractivity contribution in [3.63, 3.8) is 0 Å². The number of hydrogen-bond acceptors (Lipinski definition) is 7. The summed E-state index contributed by atoms with van der Waals surface area (Å²) in [4.78, 5) is 15.9. The number of anilines is 2. The maximum atomic E-state index is 6.06. The third kappa shape index (κ3) is 3.05. The number of nitrogens with two attached hydrogens (primary N) is 1. The van der Waals surface area contributed by atoms with Gasteiger partial charge in [0.15, 0.2) is 17.1 Å². The number of para-hydroxylation sites is 2. The molecule has 0 unspecified atom stereocenters. The summed E-state index contributed by atoms with van der Waals surface area (Å²) in [6, 6.07) is 16.0. The first-order valence-electron chi connectivity index (χ1n) is 9.32. The van der Waals surface area contributed by atoms with Crippen molar-refractivity contribution in [3.8, 4) is 22.8 Å². The number of nitrogen functional groups attached to an aromatic ring is 1. The molecule has 1 fully saturated rings. The van der Waals surface area contributed by atoms with Crippen LogP contribution in [0.2, 0.25) is 0 Å². The lowest BCUT2D eigenvalue weighted by Gasteiger charge is -2.29. The van der Waals surface area contributed by atoms with E-state index in [0.29, 0.717) is 23.0 Å². The molecule has 0 spiro atoms. The van der Waals surface area contributed by atoms with Crippen LogP contribution in [-0.2, 0) is 0 Å². The summed E-state index contributed by atoms with van der Waals surface area (Å²) in [5.41, 5.74) is 10.9. The Labute approximate surface area is 162 Å². The number of piperazine rings is 1. The second-order valence-corrected chi connectivity index (χ2v) is 6.76. The molecule has 2 aromatic heterocycles. The van der Waals surface area contributed by atoms with Crippen LogP contribution in [0.25, 0.3) is 33.9 Å². The Morgan fingerprint density at radius 2 is 1.75 bits per heavy atom. The highest BCUT2D eigenvalue weighted by molar-refractivity contribution is 5.78. The zero-order valence-electron chi connectivity index (χ0n) is 15.3. The molecule has 7 heteroatoms. The number of nitrogens with zero attached hydrogens (tertiary/aromatic N) is 4. The Morgan fingerprint density at radius 1 is 0.964 bits per heavy atom. The Kier molecular flexibility index (Phi) is 4.14. The van der Waals surface area contributed by atoms with Gasteiger partial charge in [-0.15, -0.1) is 0 Å². The van der Waals surface area contributed by atoms with E-state index >= 15 is 0 Å². The zero-order chi connectivity index (χ0) is 18.9. The van der Waals surface area contributed by atoms with Crippen LogP contribution in [0.4, 0.5) is 11.5 Å². The van der Waals surface area contributed by atoms with Crippen molar-refractivity contribution in [2.24, 2.45) is 0 Å². The molecule has 0 amide bonds. The Balaban J connectivity index is 1.48. The third-order valence-electron chi connectivity index (χ3n) is 4.94. The number of hydrogen-bond donors (Lipinski definition) is 2. The summed E-state index contributed by atoms with van der Waals surface area (Å²) in [6.07, 6.45) is 1.68.